The highest BCUT2D eigenvalue weighted by Crippen LogP contribution is 2.11. The van der Waals surface area contributed by atoms with Gasteiger partial charge in [0.15, 0.2) is 0 Å². The number of rotatable bonds is 7. The molecule has 6 nitrogen and oxygen atoms in total. The Morgan fingerprint density at radius 1 is 1.26 bits per heavy atom. The fourth-order valence-corrected chi connectivity index (χ4v) is 1.74. The first-order chi connectivity index (χ1) is 9.29. The minimum Gasteiger partial charge on any atom is -0.384 e. The van der Waals surface area contributed by atoms with Crippen LogP contribution in [-0.2, 0) is 13.5 Å². The molecular formula is C13H20N6. The van der Waals surface area contributed by atoms with E-state index in [2.05, 4.69) is 32.7 Å². The highest BCUT2D eigenvalue weighted by atomic mass is 15.2. The number of pyridine rings is 1. The molecule has 0 aliphatic heterocycles. The van der Waals surface area contributed by atoms with Gasteiger partial charge in [-0.3, -0.25) is 0 Å². The van der Waals surface area contributed by atoms with E-state index in [-0.39, 0.29) is 0 Å². The molecule has 2 aromatic rings. The zero-order valence-electron chi connectivity index (χ0n) is 11.4. The molecule has 0 unspecified atom stereocenters. The second-order valence-corrected chi connectivity index (χ2v) is 4.39. The zero-order valence-corrected chi connectivity index (χ0v) is 11.4. The monoisotopic (exact) mass is 260 g/mol. The van der Waals surface area contributed by atoms with Crippen LogP contribution in [0.2, 0.25) is 0 Å². The van der Waals surface area contributed by atoms with Crippen molar-refractivity contribution >= 4 is 11.5 Å². The standard InChI is InChI=1S/C13H20N6/c1-3-6-15-12-9-11(4-7-16-12)14-8-5-13-18-17-10-19(13)2/h4,7,9-10H,3,5-6,8H2,1-2H3,(H2,14,15,16). The van der Waals surface area contributed by atoms with Gasteiger partial charge in [0.25, 0.3) is 0 Å². The van der Waals surface area contributed by atoms with E-state index in [1.54, 1.807) is 6.33 Å². The molecule has 2 N–H and O–H groups in total. The maximum Gasteiger partial charge on any atom is 0.134 e. The van der Waals surface area contributed by atoms with Crippen LogP contribution < -0.4 is 10.6 Å². The van der Waals surface area contributed by atoms with Gasteiger partial charge in [0.2, 0.25) is 0 Å². The van der Waals surface area contributed by atoms with Gasteiger partial charge >= 0.3 is 0 Å². The van der Waals surface area contributed by atoms with Crippen molar-refractivity contribution in [3.8, 4) is 0 Å². The van der Waals surface area contributed by atoms with Gasteiger partial charge in [-0.1, -0.05) is 6.92 Å². The first-order valence-corrected chi connectivity index (χ1v) is 6.56. The van der Waals surface area contributed by atoms with Crippen LogP contribution in [0.1, 0.15) is 19.2 Å². The van der Waals surface area contributed by atoms with E-state index in [0.717, 1.165) is 43.3 Å². The molecule has 0 aliphatic carbocycles. The lowest BCUT2D eigenvalue weighted by molar-refractivity contribution is 0.788. The van der Waals surface area contributed by atoms with E-state index in [9.17, 15) is 0 Å². The molecule has 2 heterocycles. The third-order valence-electron chi connectivity index (χ3n) is 2.80. The lowest BCUT2D eigenvalue weighted by Gasteiger charge is -2.08. The molecule has 0 atom stereocenters. The van der Waals surface area contributed by atoms with Crippen molar-refractivity contribution < 1.29 is 0 Å². The normalized spacial score (nSPS) is 10.4. The zero-order chi connectivity index (χ0) is 13.5. The van der Waals surface area contributed by atoms with Crippen molar-refractivity contribution in [2.24, 2.45) is 7.05 Å². The number of nitrogens with one attached hydrogen (secondary N) is 2. The summed E-state index contributed by atoms with van der Waals surface area (Å²) in [6.07, 6.45) is 5.46. The van der Waals surface area contributed by atoms with Gasteiger partial charge in [-0.25, -0.2) is 4.98 Å². The molecule has 102 valence electrons. The van der Waals surface area contributed by atoms with Gasteiger partial charge in [-0.05, 0) is 12.5 Å². The number of nitrogens with zero attached hydrogens (tertiary/aromatic N) is 4. The summed E-state index contributed by atoms with van der Waals surface area (Å²) < 4.78 is 1.93. The molecule has 2 rings (SSSR count). The second kappa shape index (κ2) is 6.72. The molecular weight excluding hydrogens is 240 g/mol. The fraction of sp³-hybridized carbons (Fsp3) is 0.462. The highest BCUT2D eigenvalue weighted by molar-refractivity contribution is 5.51. The van der Waals surface area contributed by atoms with E-state index in [1.807, 2.05) is 29.9 Å². The quantitative estimate of drug-likeness (QED) is 0.793. The average molecular weight is 260 g/mol. The van der Waals surface area contributed by atoms with Crippen LogP contribution in [0.3, 0.4) is 0 Å². The van der Waals surface area contributed by atoms with Crippen molar-refractivity contribution in [3.05, 3.63) is 30.5 Å². The first kappa shape index (κ1) is 13.3. The average Bonchev–Trinajstić information content (AvgIpc) is 2.83. The summed E-state index contributed by atoms with van der Waals surface area (Å²) in [7, 11) is 1.95. The Kier molecular flexibility index (Phi) is 4.72. The predicted molar refractivity (Wildman–Crippen MR) is 76.2 cm³/mol. The molecule has 0 radical (unpaired) electrons. The lowest BCUT2D eigenvalue weighted by Crippen LogP contribution is -2.09. The first-order valence-electron chi connectivity index (χ1n) is 6.56. The maximum absolute atomic E-state index is 4.27. The molecule has 0 fully saturated rings. The van der Waals surface area contributed by atoms with Crippen molar-refractivity contribution in [2.75, 3.05) is 23.7 Å². The molecule has 19 heavy (non-hydrogen) atoms. The van der Waals surface area contributed by atoms with Gasteiger partial charge in [-0.15, -0.1) is 10.2 Å². The third-order valence-corrected chi connectivity index (χ3v) is 2.80. The van der Waals surface area contributed by atoms with Crippen LogP contribution in [0.15, 0.2) is 24.7 Å². The number of anilines is 2. The van der Waals surface area contributed by atoms with Gasteiger partial charge < -0.3 is 15.2 Å². The van der Waals surface area contributed by atoms with Gasteiger partial charge in [-0.2, -0.15) is 0 Å². The summed E-state index contributed by atoms with van der Waals surface area (Å²) in [5.74, 6) is 1.89. The summed E-state index contributed by atoms with van der Waals surface area (Å²) in [6.45, 7) is 3.90. The summed E-state index contributed by atoms with van der Waals surface area (Å²) in [5.41, 5.74) is 1.07. The Bertz CT molecular complexity index is 507. The van der Waals surface area contributed by atoms with Crippen molar-refractivity contribution in [3.63, 3.8) is 0 Å². The van der Waals surface area contributed by atoms with Crippen LogP contribution in [0.5, 0.6) is 0 Å². The summed E-state index contributed by atoms with van der Waals surface area (Å²) >= 11 is 0. The van der Waals surface area contributed by atoms with Gasteiger partial charge in [0, 0.05) is 44.5 Å². The van der Waals surface area contributed by atoms with Crippen molar-refractivity contribution in [1.29, 1.82) is 0 Å². The number of hydrogen-bond donors (Lipinski definition) is 2. The summed E-state index contributed by atoms with van der Waals surface area (Å²) in [5, 5.41) is 14.5. The predicted octanol–water partition coefficient (Wildman–Crippen LogP) is 1.69. The van der Waals surface area contributed by atoms with E-state index in [4.69, 9.17) is 0 Å². The van der Waals surface area contributed by atoms with Crippen LogP contribution in [-0.4, -0.2) is 32.8 Å². The maximum atomic E-state index is 4.27. The molecule has 0 saturated carbocycles. The SMILES string of the molecule is CCCNc1cc(NCCc2nncn2C)ccn1. The highest BCUT2D eigenvalue weighted by Gasteiger charge is 2.00. The molecule has 6 heteroatoms. The van der Waals surface area contributed by atoms with E-state index >= 15 is 0 Å². The van der Waals surface area contributed by atoms with Crippen molar-refractivity contribution in [1.82, 2.24) is 19.7 Å². The Balaban J connectivity index is 1.84. The number of hydrogen-bond acceptors (Lipinski definition) is 5. The molecule has 0 saturated heterocycles. The molecule has 0 amide bonds. The minimum absolute atomic E-state index is 0.823. The second-order valence-electron chi connectivity index (χ2n) is 4.39. The molecule has 0 bridgehead atoms. The molecule has 0 spiro atoms. The molecule has 2 aromatic heterocycles. The van der Waals surface area contributed by atoms with Gasteiger partial charge in [0.05, 0.1) is 0 Å². The lowest BCUT2D eigenvalue weighted by atomic mass is 10.3. The topological polar surface area (TPSA) is 67.7 Å². The molecule has 0 aliphatic rings. The Labute approximate surface area is 113 Å². The summed E-state index contributed by atoms with van der Waals surface area (Å²) in [6, 6.07) is 3.99. The largest absolute Gasteiger partial charge is 0.384 e. The third kappa shape index (κ3) is 3.94. The van der Waals surface area contributed by atoms with Gasteiger partial charge in [0.1, 0.15) is 18.0 Å². The van der Waals surface area contributed by atoms with Crippen molar-refractivity contribution in [2.45, 2.75) is 19.8 Å². The van der Waals surface area contributed by atoms with E-state index in [1.165, 1.54) is 0 Å². The Morgan fingerprint density at radius 2 is 2.16 bits per heavy atom. The Hall–Kier alpha value is -2.11. The molecule has 0 aromatic carbocycles. The van der Waals surface area contributed by atoms with Crippen LogP contribution >= 0.6 is 0 Å². The van der Waals surface area contributed by atoms with E-state index < -0.39 is 0 Å². The number of aromatic nitrogens is 4. The minimum atomic E-state index is 0.823. The van der Waals surface area contributed by atoms with Crippen LogP contribution in [0.4, 0.5) is 11.5 Å². The Morgan fingerprint density at radius 3 is 2.89 bits per heavy atom. The number of aryl methyl sites for hydroxylation is 1. The van der Waals surface area contributed by atoms with Crippen LogP contribution in [0.25, 0.3) is 0 Å². The summed E-state index contributed by atoms with van der Waals surface area (Å²) in [4.78, 5) is 4.27. The van der Waals surface area contributed by atoms with Crippen LogP contribution in [0, 0.1) is 0 Å². The smallest absolute Gasteiger partial charge is 0.134 e. The fourth-order valence-electron chi connectivity index (χ4n) is 1.74. The van der Waals surface area contributed by atoms with E-state index in [0.29, 0.717) is 0 Å².